The van der Waals surface area contributed by atoms with Gasteiger partial charge in [-0.25, -0.2) is 0 Å². The summed E-state index contributed by atoms with van der Waals surface area (Å²) in [5.41, 5.74) is 1.37. The lowest BCUT2D eigenvalue weighted by atomic mass is 10.1. The number of methoxy groups -OCH3 is 1. The predicted molar refractivity (Wildman–Crippen MR) is 106 cm³/mol. The second-order valence-corrected chi connectivity index (χ2v) is 7.57. The van der Waals surface area contributed by atoms with E-state index >= 15 is 0 Å². The van der Waals surface area contributed by atoms with Crippen molar-refractivity contribution in [3.8, 4) is 18.1 Å². The number of pyridine rings is 1. The topological polar surface area (TPSA) is 60.5 Å². The molecule has 0 spiro atoms. The molecule has 1 heterocycles. The molecule has 2 aromatic rings. The van der Waals surface area contributed by atoms with Crippen LogP contribution in [0.4, 0.5) is 0 Å². The number of carbonyl (C=O) groups excluding carboxylic acids is 1. The molecule has 26 heavy (non-hydrogen) atoms. The molecule has 0 aliphatic carbocycles. The molecule has 0 fully saturated rings. The molecular formula is C20H24N2O3S. The molecule has 1 amide bonds. The molecule has 1 aromatic heterocycles. The highest BCUT2D eigenvalue weighted by Crippen LogP contribution is 2.26. The number of rotatable bonds is 7. The first-order valence-corrected chi connectivity index (χ1v) is 9.46. The van der Waals surface area contributed by atoms with Crippen molar-refractivity contribution in [3.63, 3.8) is 0 Å². The lowest BCUT2D eigenvalue weighted by Gasteiger charge is -2.27. The highest BCUT2D eigenvalue weighted by atomic mass is 32.2. The molecule has 1 N–H and O–H groups in total. The predicted octanol–water partition coefficient (Wildman–Crippen LogP) is 3.13. The fourth-order valence-electron chi connectivity index (χ4n) is 2.67. The van der Waals surface area contributed by atoms with Gasteiger partial charge in [-0.3, -0.25) is 9.78 Å². The number of amides is 1. The Morgan fingerprint density at radius 3 is 2.77 bits per heavy atom. The molecule has 0 saturated heterocycles. The zero-order valence-corrected chi connectivity index (χ0v) is 16.6. The monoisotopic (exact) mass is 372 g/mol. The van der Waals surface area contributed by atoms with Crippen LogP contribution in [0.15, 0.2) is 24.4 Å². The lowest BCUT2D eigenvalue weighted by Crippen LogP contribution is -2.50. The molecule has 6 heteroatoms. The zero-order chi connectivity index (χ0) is 19.3. The van der Waals surface area contributed by atoms with Gasteiger partial charge in [-0.1, -0.05) is 5.92 Å². The smallest absolute Gasteiger partial charge is 0.272 e. The maximum atomic E-state index is 12.6. The van der Waals surface area contributed by atoms with Gasteiger partial charge in [-0.05, 0) is 50.8 Å². The summed E-state index contributed by atoms with van der Waals surface area (Å²) >= 11 is 1.33. The molecule has 1 atom stereocenters. The standard InChI is InChI=1S/C20H24N2O3S/c1-7-14-9-15-10-16(8-13(2)17(15)21-11-14)25-19(26-6)18(23)22-20(3,4)12-24-5/h1,8-11,19H,12H2,2-6H3,(H,22,23). The van der Waals surface area contributed by atoms with Crippen molar-refractivity contribution in [2.45, 2.75) is 31.7 Å². The quantitative estimate of drug-likeness (QED) is 0.598. The molecule has 1 aromatic carbocycles. The van der Waals surface area contributed by atoms with Crippen LogP contribution in [0.3, 0.4) is 0 Å². The summed E-state index contributed by atoms with van der Waals surface area (Å²) in [6.45, 7) is 6.17. The fraction of sp³-hybridized carbons (Fsp3) is 0.400. The second kappa shape index (κ2) is 8.43. The first kappa shape index (κ1) is 20.1. The number of carbonyl (C=O) groups is 1. The Bertz CT molecular complexity index is 843. The first-order valence-electron chi connectivity index (χ1n) is 8.17. The Hall–Kier alpha value is -2.23. The van der Waals surface area contributed by atoms with Gasteiger partial charge in [-0.2, -0.15) is 0 Å². The Morgan fingerprint density at radius 2 is 2.15 bits per heavy atom. The molecule has 0 saturated carbocycles. The Kier molecular flexibility index (Phi) is 6.52. The highest BCUT2D eigenvalue weighted by Gasteiger charge is 2.27. The van der Waals surface area contributed by atoms with Gasteiger partial charge >= 0.3 is 0 Å². The van der Waals surface area contributed by atoms with E-state index in [0.717, 1.165) is 16.5 Å². The maximum absolute atomic E-state index is 12.6. The van der Waals surface area contributed by atoms with Gasteiger partial charge in [0.25, 0.3) is 5.91 Å². The van der Waals surface area contributed by atoms with Crippen molar-refractivity contribution in [1.82, 2.24) is 10.3 Å². The van der Waals surface area contributed by atoms with Gasteiger partial charge in [0.05, 0.1) is 17.7 Å². The third-order valence-corrected chi connectivity index (χ3v) is 4.49. The SMILES string of the molecule is C#Cc1cnc2c(C)cc(OC(SC)C(=O)NC(C)(C)COC)cc2c1. The Morgan fingerprint density at radius 1 is 1.42 bits per heavy atom. The summed E-state index contributed by atoms with van der Waals surface area (Å²) < 4.78 is 11.1. The summed E-state index contributed by atoms with van der Waals surface area (Å²) in [5.74, 6) is 2.98. The summed E-state index contributed by atoms with van der Waals surface area (Å²) in [6.07, 6.45) is 8.96. The lowest BCUT2D eigenvalue weighted by molar-refractivity contribution is -0.126. The molecule has 0 aliphatic heterocycles. The number of nitrogens with zero attached hydrogens (tertiary/aromatic N) is 1. The van der Waals surface area contributed by atoms with Crippen LogP contribution in [-0.4, -0.2) is 41.8 Å². The maximum Gasteiger partial charge on any atom is 0.272 e. The van der Waals surface area contributed by atoms with Gasteiger partial charge in [-0.15, -0.1) is 18.2 Å². The van der Waals surface area contributed by atoms with Crippen LogP contribution < -0.4 is 10.1 Å². The van der Waals surface area contributed by atoms with Gasteiger partial charge in [0.1, 0.15) is 5.75 Å². The third kappa shape index (κ3) is 4.90. The highest BCUT2D eigenvalue weighted by molar-refractivity contribution is 7.99. The van der Waals surface area contributed by atoms with Crippen LogP contribution in [0.1, 0.15) is 25.0 Å². The van der Waals surface area contributed by atoms with E-state index in [2.05, 4.69) is 16.2 Å². The van der Waals surface area contributed by atoms with Crippen molar-refractivity contribution < 1.29 is 14.3 Å². The number of hydrogen-bond acceptors (Lipinski definition) is 5. The number of aryl methyl sites for hydroxylation is 1. The number of terminal acetylenes is 1. The minimum Gasteiger partial charge on any atom is -0.470 e. The van der Waals surface area contributed by atoms with E-state index in [4.69, 9.17) is 15.9 Å². The van der Waals surface area contributed by atoms with Crippen molar-refractivity contribution in [3.05, 3.63) is 35.5 Å². The van der Waals surface area contributed by atoms with Crippen LogP contribution in [-0.2, 0) is 9.53 Å². The summed E-state index contributed by atoms with van der Waals surface area (Å²) in [6, 6.07) is 5.62. The summed E-state index contributed by atoms with van der Waals surface area (Å²) in [5, 5.41) is 3.83. The van der Waals surface area contributed by atoms with E-state index in [0.29, 0.717) is 17.9 Å². The summed E-state index contributed by atoms with van der Waals surface area (Å²) in [4.78, 5) is 17.0. The van der Waals surface area contributed by atoms with Gasteiger partial charge < -0.3 is 14.8 Å². The molecule has 0 bridgehead atoms. The minimum absolute atomic E-state index is 0.201. The molecule has 5 nitrogen and oxygen atoms in total. The van der Waals surface area contributed by atoms with Gasteiger partial charge in [0, 0.05) is 24.3 Å². The van der Waals surface area contributed by atoms with Crippen molar-refractivity contribution in [2.75, 3.05) is 20.0 Å². The van der Waals surface area contributed by atoms with Crippen LogP contribution in [0.5, 0.6) is 5.75 Å². The van der Waals surface area contributed by atoms with E-state index in [1.54, 1.807) is 13.3 Å². The van der Waals surface area contributed by atoms with Crippen LogP contribution >= 0.6 is 11.8 Å². The van der Waals surface area contributed by atoms with Crippen molar-refractivity contribution >= 4 is 28.6 Å². The largest absolute Gasteiger partial charge is 0.470 e. The molecule has 1 unspecified atom stereocenters. The van der Waals surface area contributed by atoms with Crippen molar-refractivity contribution in [2.24, 2.45) is 0 Å². The van der Waals surface area contributed by atoms with Crippen LogP contribution in [0.25, 0.3) is 10.9 Å². The number of hydrogen-bond donors (Lipinski definition) is 1. The molecule has 0 radical (unpaired) electrons. The van der Waals surface area contributed by atoms with Gasteiger partial charge in [0.2, 0.25) is 5.44 Å². The number of benzene rings is 1. The van der Waals surface area contributed by atoms with Gasteiger partial charge in [0.15, 0.2) is 0 Å². The van der Waals surface area contributed by atoms with E-state index in [9.17, 15) is 4.79 Å². The Balaban J connectivity index is 2.24. The zero-order valence-electron chi connectivity index (χ0n) is 15.8. The van der Waals surface area contributed by atoms with E-state index in [-0.39, 0.29) is 5.91 Å². The van der Waals surface area contributed by atoms with E-state index in [1.807, 2.05) is 45.2 Å². The average Bonchev–Trinajstić information content (AvgIpc) is 2.58. The molecule has 138 valence electrons. The number of nitrogens with one attached hydrogen (secondary N) is 1. The molecule has 2 rings (SSSR count). The average molecular weight is 372 g/mol. The number of fused-ring (bicyclic) bond motifs is 1. The van der Waals surface area contributed by atoms with Crippen LogP contribution in [0.2, 0.25) is 0 Å². The molecule has 0 aliphatic rings. The summed E-state index contributed by atoms with van der Waals surface area (Å²) in [7, 11) is 1.60. The number of ether oxygens (including phenoxy) is 2. The van der Waals surface area contributed by atoms with E-state index < -0.39 is 11.0 Å². The van der Waals surface area contributed by atoms with Crippen LogP contribution in [0, 0.1) is 19.3 Å². The minimum atomic E-state index is -0.674. The number of thioether (sulfide) groups is 1. The Labute approximate surface area is 158 Å². The third-order valence-electron chi connectivity index (χ3n) is 3.75. The fourth-order valence-corrected chi connectivity index (χ4v) is 3.15. The first-order chi connectivity index (χ1) is 12.3. The van der Waals surface area contributed by atoms with Crippen molar-refractivity contribution in [1.29, 1.82) is 0 Å². The number of aromatic nitrogens is 1. The van der Waals surface area contributed by atoms with E-state index in [1.165, 1.54) is 11.8 Å². The molecular weight excluding hydrogens is 348 g/mol. The second-order valence-electron chi connectivity index (χ2n) is 6.67. The normalized spacial score (nSPS) is 12.5.